The summed E-state index contributed by atoms with van der Waals surface area (Å²) >= 11 is 8.68. The first kappa shape index (κ1) is 36.7. The largest absolute Gasteiger partial charge is 0.368 e. The molecule has 52 heavy (non-hydrogen) atoms. The number of carbonyl (C=O) groups excluding carboxylic acids is 2. The number of carbonyl (C=O) groups is 2. The van der Waals surface area contributed by atoms with Gasteiger partial charge in [0.2, 0.25) is 5.91 Å². The molecule has 276 valence electrons. The first-order valence-corrected chi connectivity index (χ1v) is 19.5. The topological polar surface area (TPSA) is 127 Å². The van der Waals surface area contributed by atoms with Gasteiger partial charge in [-0.25, -0.2) is 9.97 Å². The van der Waals surface area contributed by atoms with Gasteiger partial charge in [-0.3, -0.25) is 19.4 Å². The molecule has 2 aromatic heterocycles. The number of nitrogens with zero attached hydrogens (tertiary/aromatic N) is 6. The van der Waals surface area contributed by atoms with E-state index in [0.29, 0.717) is 48.6 Å². The molecule has 0 atom stereocenters. The quantitative estimate of drug-likeness (QED) is 0.177. The molecule has 0 saturated heterocycles. The highest BCUT2D eigenvalue weighted by Crippen LogP contribution is 2.41. The van der Waals surface area contributed by atoms with Crippen molar-refractivity contribution >= 4 is 40.4 Å². The summed E-state index contributed by atoms with van der Waals surface area (Å²) < 4.78 is 1.91. The van der Waals surface area contributed by atoms with Crippen LogP contribution in [0.15, 0.2) is 36.4 Å². The number of likely N-dealkylation sites (N-methyl/N-ethyl adjacent to an activating group) is 1. The zero-order valence-corrected chi connectivity index (χ0v) is 31.9. The number of aliphatic hydroxyl groups excluding tert-OH is 1. The zero-order chi connectivity index (χ0) is 36.7. The summed E-state index contributed by atoms with van der Waals surface area (Å²) in [5, 5.41) is 23.5. The van der Waals surface area contributed by atoms with Gasteiger partial charge in [0.15, 0.2) is 12.1 Å². The lowest BCUT2D eigenvalue weighted by Crippen LogP contribution is -2.37. The van der Waals surface area contributed by atoms with E-state index in [1.165, 1.54) is 0 Å². The second kappa shape index (κ2) is 15.4. The van der Waals surface area contributed by atoms with Crippen molar-refractivity contribution in [2.75, 3.05) is 38.5 Å². The minimum atomic E-state index is -1.22. The SMILES string of the molecule is CCN(C)CC(=O)N1Cc2nc(-c3cccc(-c4cccc(NC(=O)c5nc6c(n5C)CCN(C[C@H]5CC[C@H](C(O)O)CC5)C6)c4Cl)c3C)sc2C1. The van der Waals surface area contributed by atoms with E-state index < -0.39 is 6.29 Å². The molecule has 4 aromatic rings. The standard InChI is InChI=1S/C39H48ClN7O4S/c1-5-44(3)22-34(48)47-20-31-33(21-47)52-38(43-31)27-9-6-8-26(23(27)2)28-10-7-11-29(35(28)40)42-37(49)36-41-30-19-46(17-16-32(30)45(36)4)18-24-12-14-25(15-13-24)39(50)51/h6-11,24-25,39,50-51H,5,12-22H2,1-4H3,(H,42,49)/t24-,25-. The van der Waals surface area contributed by atoms with E-state index in [1.807, 2.05) is 65.7 Å². The van der Waals surface area contributed by atoms with Crippen molar-refractivity contribution in [3.05, 3.63) is 74.8 Å². The maximum atomic E-state index is 13.7. The van der Waals surface area contributed by atoms with Crippen LogP contribution in [0.4, 0.5) is 5.69 Å². The van der Waals surface area contributed by atoms with Crippen LogP contribution < -0.4 is 5.32 Å². The van der Waals surface area contributed by atoms with Crippen molar-refractivity contribution in [3.63, 3.8) is 0 Å². The smallest absolute Gasteiger partial charge is 0.291 e. The number of hydrogen-bond acceptors (Lipinski definition) is 9. The van der Waals surface area contributed by atoms with Gasteiger partial charge in [-0.1, -0.05) is 48.9 Å². The third-order valence-corrected chi connectivity index (χ3v) is 12.7. The Morgan fingerprint density at radius 3 is 2.48 bits per heavy atom. The number of thiazole rings is 1. The summed E-state index contributed by atoms with van der Waals surface area (Å²) in [7, 11) is 3.86. The van der Waals surface area contributed by atoms with Crippen molar-refractivity contribution in [1.82, 2.24) is 29.2 Å². The predicted octanol–water partition coefficient (Wildman–Crippen LogP) is 5.69. The number of amides is 2. The highest BCUT2D eigenvalue weighted by Gasteiger charge is 2.31. The molecule has 7 rings (SSSR count). The van der Waals surface area contributed by atoms with E-state index in [1.54, 1.807) is 11.3 Å². The first-order chi connectivity index (χ1) is 25.0. The van der Waals surface area contributed by atoms with Gasteiger partial charge in [0, 0.05) is 60.7 Å². The van der Waals surface area contributed by atoms with Crippen LogP contribution in [0.5, 0.6) is 0 Å². The molecule has 13 heteroatoms. The van der Waals surface area contributed by atoms with Gasteiger partial charge in [-0.2, -0.15) is 0 Å². The monoisotopic (exact) mass is 745 g/mol. The second-order valence-corrected chi connectivity index (χ2v) is 16.1. The number of rotatable bonds is 10. The molecule has 0 bridgehead atoms. The van der Waals surface area contributed by atoms with Crippen LogP contribution in [0.2, 0.25) is 5.02 Å². The molecule has 0 radical (unpaired) electrons. The van der Waals surface area contributed by atoms with Crippen LogP contribution >= 0.6 is 22.9 Å². The molecule has 3 N–H and O–H groups in total. The second-order valence-electron chi connectivity index (χ2n) is 14.6. The number of nitrogens with one attached hydrogen (secondary N) is 1. The van der Waals surface area contributed by atoms with Gasteiger partial charge in [0.25, 0.3) is 5.91 Å². The molecule has 2 aliphatic heterocycles. The van der Waals surface area contributed by atoms with E-state index in [2.05, 4.69) is 23.2 Å². The van der Waals surface area contributed by atoms with E-state index in [9.17, 15) is 19.8 Å². The molecule has 1 fully saturated rings. The van der Waals surface area contributed by atoms with Crippen molar-refractivity contribution in [1.29, 1.82) is 0 Å². The molecular weight excluding hydrogens is 698 g/mol. The van der Waals surface area contributed by atoms with Crippen LogP contribution in [0.1, 0.15) is 70.7 Å². The molecule has 3 aliphatic rings. The van der Waals surface area contributed by atoms with E-state index >= 15 is 0 Å². The molecule has 2 aromatic carbocycles. The molecule has 0 spiro atoms. The molecule has 2 amide bonds. The first-order valence-electron chi connectivity index (χ1n) is 18.3. The normalized spacial score (nSPS) is 19.0. The number of halogens is 1. The summed E-state index contributed by atoms with van der Waals surface area (Å²) in [5.41, 5.74) is 7.34. The van der Waals surface area contributed by atoms with E-state index in [-0.39, 0.29) is 17.7 Å². The Morgan fingerprint density at radius 2 is 1.75 bits per heavy atom. The van der Waals surface area contributed by atoms with Gasteiger partial charge >= 0.3 is 0 Å². The molecule has 4 heterocycles. The summed E-state index contributed by atoms with van der Waals surface area (Å²) in [6.07, 6.45) is 3.29. The third-order valence-electron chi connectivity index (χ3n) is 11.2. The maximum Gasteiger partial charge on any atom is 0.291 e. The Bertz CT molecular complexity index is 1940. The summed E-state index contributed by atoms with van der Waals surface area (Å²) in [5.74, 6) is 0.693. The minimum Gasteiger partial charge on any atom is -0.368 e. The summed E-state index contributed by atoms with van der Waals surface area (Å²) in [6.45, 7) is 9.02. The molecule has 0 unspecified atom stereocenters. The van der Waals surface area contributed by atoms with Crippen molar-refractivity contribution < 1.29 is 19.8 Å². The van der Waals surface area contributed by atoms with Gasteiger partial charge in [0.1, 0.15) is 5.01 Å². The fourth-order valence-electron chi connectivity index (χ4n) is 7.92. The number of anilines is 1. The number of fused-ring (bicyclic) bond motifs is 2. The van der Waals surface area contributed by atoms with Crippen molar-refractivity contribution in [3.8, 4) is 21.7 Å². The van der Waals surface area contributed by atoms with Gasteiger partial charge < -0.3 is 25.0 Å². The van der Waals surface area contributed by atoms with E-state index in [0.717, 1.165) is 101 Å². The lowest BCUT2D eigenvalue weighted by molar-refractivity contribution is -0.132. The number of aliphatic hydroxyl groups is 2. The minimum absolute atomic E-state index is 0.0152. The molecular formula is C39H48ClN7O4S. The number of aromatic nitrogens is 3. The third kappa shape index (κ3) is 7.42. The molecule has 1 saturated carbocycles. The van der Waals surface area contributed by atoms with Crippen LogP contribution in [-0.2, 0) is 37.9 Å². The highest BCUT2D eigenvalue weighted by molar-refractivity contribution is 7.15. The number of hydrogen-bond donors (Lipinski definition) is 3. The fourth-order valence-corrected chi connectivity index (χ4v) is 9.37. The van der Waals surface area contributed by atoms with Crippen molar-refractivity contribution in [2.24, 2.45) is 18.9 Å². The summed E-state index contributed by atoms with van der Waals surface area (Å²) in [6, 6.07) is 11.8. The zero-order valence-electron chi connectivity index (χ0n) is 30.4. The predicted molar refractivity (Wildman–Crippen MR) is 204 cm³/mol. The fraction of sp³-hybridized carbons (Fsp3) is 0.487. The Kier molecular flexibility index (Phi) is 10.8. The lowest BCUT2D eigenvalue weighted by Gasteiger charge is -2.34. The summed E-state index contributed by atoms with van der Waals surface area (Å²) in [4.78, 5) is 43.7. The molecule has 11 nitrogen and oxygen atoms in total. The van der Waals surface area contributed by atoms with Crippen LogP contribution in [0.3, 0.4) is 0 Å². The van der Waals surface area contributed by atoms with Crippen LogP contribution in [0.25, 0.3) is 21.7 Å². The Balaban J connectivity index is 1.03. The van der Waals surface area contributed by atoms with Crippen molar-refractivity contribution in [2.45, 2.75) is 71.9 Å². The number of benzene rings is 2. The average molecular weight is 746 g/mol. The van der Waals surface area contributed by atoms with Crippen LogP contribution in [0, 0.1) is 18.8 Å². The van der Waals surface area contributed by atoms with Crippen LogP contribution in [-0.4, -0.2) is 90.8 Å². The molecule has 1 aliphatic carbocycles. The number of imidazole rings is 1. The van der Waals surface area contributed by atoms with Gasteiger partial charge in [-0.15, -0.1) is 11.3 Å². The lowest BCUT2D eigenvalue weighted by atomic mass is 9.81. The van der Waals surface area contributed by atoms with Gasteiger partial charge in [-0.05, 0) is 69.3 Å². The maximum absolute atomic E-state index is 13.7. The Morgan fingerprint density at radius 1 is 1.02 bits per heavy atom. The Labute approximate surface area is 314 Å². The Hall–Kier alpha value is -3.65. The van der Waals surface area contributed by atoms with Gasteiger partial charge in [0.05, 0.1) is 41.7 Å². The highest BCUT2D eigenvalue weighted by atomic mass is 35.5. The van der Waals surface area contributed by atoms with E-state index in [4.69, 9.17) is 21.6 Å². The average Bonchev–Trinajstić information content (AvgIpc) is 3.81.